The normalized spacial score (nSPS) is 11.6. The highest BCUT2D eigenvalue weighted by Gasteiger charge is 2.27. The van der Waals surface area contributed by atoms with E-state index in [0.29, 0.717) is 21.4 Å². The third-order valence-corrected chi connectivity index (χ3v) is 5.07. The van der Waals surface area contributed by atoms with Crippen molar-refractivity contribution in [3.8, 4) is 5.75 Å². The molecule has 0 saturated heterocycles. The van der Waals surface area contributed by atoms with Gasteiger partial charge in [-0.05, 0) is 56.2 Å². The summed E-state index contributed by atoms with van der Waals surface area (Å²) in [7, 11) is 1.52. The number of carbonyl (C=O) groups is 2. The van der Waals surface area contributed by atoms with Gasteiger partial charge < -0.3 is 15.0 Å². The van der Waals surface area contributed by atoms with Crippen LogP contribution in [0.5, 0.6) is 5.75 Å². The first kappa shape index (κ1) is 22.1. The molecule has 2 aromatic carbocycles. The largest absolute Gasteiger partial charge is 0.484 e. The Kier molecular flexibility index (Phi) is 7.72. The molecule has 0 spiro atoms. The van der Waals surface area contributed by atoms with E-state index >= 15 is 0 Å². The third kappa shape index (κ3) is 5.63. The summed E-state index contributed by atoms with van der Waals surface area (Å²) in [6, 6.07) is 10.1. The van der Waals surface area contributed by atoms with Gasteiger partial charge in [-0.1, -0.05) is 35.3 Å². The van der Waals surface area contributed by atoms with Crippen molar-refractivity contribution in [2.75, 3.05) is 13.7 Å². The number of amides is 2. The monoisotopic (exact) mass is 422 g/mol. The van der Waals surface area contributed by atoms with E-state index in [1.807, 2.05) is 32.0 Å². The van der Waals surface area contributed by atoms with Crippen LogP contribution in [0.4, 0.5) is 0 Å². The minimum atomic E-state index is -0.715. The highest BCUT2D eigenvalue weighted by molar-refractivity contribution is 6.36. The first-order valence-electron chi connectivity index (χ1n) is 8.88. The van der Waals surface area contributed by atoms with Crippen LogP contribution < -0.4 is 10.1 Å². The lowest BCUT2D eigenvalue weighted by molar-refractivity contribution is -0.142. The van der Waals surface area contributed by atoms with Crippen molar-refractivity contribution in [1.29, 1.82) is 0 Å². The topological polar surface area (TPSA) is 58.6 Å². The second kappa shape index (κ2) is 9.80. The number of benzene rings is 2. The molecule has 0 aliphatic heterocycles. The summed E-state index contributed by atoms with van der Waals surface area (Å²) < 4.78 is 5.68. The lowest BCUT2D eigenvalue weighted by atomic mass is 10.1. The lowest BCUT2D eigenvalue weighted by Gasteiger charge is -2.29. The van der Waals surface area contributed by atoms with Crippen molar-refractivity contribution in [2.24, 2.45) is 0 Å². The molecule has 1 atom stereocenters. The first-order chi connectivity index (χ1) is 13.2. The minimum absolute atomic E-state index is 0.0993. The molecule has 2 amide bonds. The summed E-state index contributed by atoms with van der Waals surface area (Å²) in [6.45, 7) is 5.47. The van der Waals surface area contributed by atoms with Gasteiger partial charge in [-0.3, -0.25) is 9.59 Å². The van der Waals surface area contributed by atoms with Crippen LogP contribution in [0, 0.1) is 13.8 Å². The number of hydrogen-bond acceptors (Lipinski definition) is 3. The molecule has 0 saturated carbocycles. The van der Waals surface area contributed by atoms with E-state index in [4.69, 9.17) is 27.9 Å². The summed E-state index contributed by atoms with van der Waals surface area (Å²) in [5.41, 5.74) is 2.67. The molecule has 0 fully saturated rings. The summed E-state index contributed by atoms with van der Waals surface area (Å²) in [4.78, 5) is 26.5. The summed E-state index contributed by atoms with van der Waals surface area (Å²) in [5.74, 6) is -0.0247. The number of ether oxygens (including phenoxy) is 1. The Morgan fingerprint density at radius 3 is 2.21 bits per heavy atom. The van der Waals surface area contributed by atoms with Gasteiger partial charge >= 0.3 is 0 Å². The molecule has 2 aromatic rings. The third-order valence-electron chi connectivity index (χ3n) is 4.36. The zero-order valence-electron chi connectivity index (χ0n) is 16.4. The van der Waals surface area contributed by atoms with Crippen LogP contribution in [0.3, 0.4) is 0 Å². The van der Waals surface area contributed by atoms with Crippen molar-refractivity contribution in [3.05, 3.63) is 63.1 Å². The number of likely N-dealkylation sites (N-methyl/N-ethyl adjacent to an activating group) is 1. The van der Waals surface area contributed by atoms with Crippen molar-refractivity contribution < 1.29 is 14.3 Å². The Balaban J connectivity index is 2.22. The zero-order valence-corrected chi connectivity index (χ0v) is 17.9. The first-order valence-corrected chi connectivity index (χ1v) is 9.63. The smallest absolute Gasteiger partial charge is 0.261 e. The van der Waals surface area contributed by atoms with Crippen LogP contribution in [0.15, 0.2) is 36.4 Å². The second-order valence-corrected chi connectivity index (χ2v) is 7.44. The molecule has 0 radical (unpaired) electrons. The molecule has 2 rings (SSSR count). The fourth-order valence-electron chi connectivity index (χ4n) is 2.89. The van der Waals surface area contributed by atoms with Crippen LogP contribution in [0.1, 0.15) is 23.6 Å². The van der Waals surface area contributed by atoms with Crippen molar-refractivity contribution >= 4 is 35.0 Å². The molecule has 7 heteroatoms. The van der Waals surface area contributed by atoms with Crippen molar-refractivity contribution in [3.63, 3.8) is 0 Å². The van der Waals surface area contributed by atoms with Crippen molar-refractivity contribution in [2.45, 2.75) is 33.4 Å². The van der Waals surface area contributed by atoms with E-state index in [-0.39, 0.29) is 25.0 Å². The standard InChI is InChI=1S/C21H24Cl2N2O3/c1-13-8-14(2)10-16(9-13)28-12-20(26)25(15(3)21(27)24-4)11-17-18(22)6-5-7-19(17)23/h5-10,15H,11-12H2,1-4H3,(H,24,27)/t15-/m0/s1. The van der Waals surface area contributed by atoms with Crippen LogP contribution >= 0.6 is 23.2 Å². The van der Waals surface area contributed by atoms with Crippen LogP contribution in [0.25, 0.3) is 0 Å². The molecule has 5 nitrogen and oxygen atoms in total. The Bertz CT molecular complexity index is 830. The van der Waals surface area contributed by atoms with Crippen LogP contribution in [0.2, 0.25) is 10.0 Å². The molecule has 0 aliphatic carbocycles. The quantitative estimate of drug-likeness (QED) is 0.728. The number of nitrogens with one attached hydrogen (secondary N) is 1. The van der Waals surface area contributed by atoms with E-state index in [9.17, 15) is 9.59 Å². The molecular formula is C21H24Cl2N2O3. The number of carbonyl (C=O) groups excluding carboxylic acids is 2. The molecule has 0 aromatic heterocycles. The molecular weight excluding hydrogens is 399 g/mol. The van der Waals surface area contributed by atoms with Gasteiger partial charge in [0.25, 0.3) is 5.91 Å². The number of nitrogens with zero attached hydrogens (tertiary/aromatic N) is 1. The fourth-order valence-corrected chi connectivity index (χ4v) is 3.41. The Labute approximate surface area is 175 Å². The highest BCUT2D eigenvalue weighted by atomic mass is 35.5. The Morgan fingerprint density at radius 2 is 1.68 bits per heavy atom. The molecule has 150 valence electrons. The van der Waals surface area contributed by atoms with Gasteiger partial charge in [-0.2, -0.15) is 0 Å². The number of rotatable bonds is 7. The maximum absolute atomic E-state index is 12.9. The fraction of sp³-hybridized carbons (Fsp3) is 0.333. The van der Waals surface area contributed by atoms with Gasteiger partial charge in [-0.25, -0.2) is 0 Å². The molecule has 1 N–H and O–H groups in total. The number of hydrogen-bond donors (Lipinski definition) is 1. The number of aryl methyl sites for hydroxylation is 2. The highest BCUT2D eigenvalue weighted by Crippen LogP contribution is 2.26. The molecule has 28 heavy (non-hydrogen) atoms. The molecule has 0 aliphatic rings. The van der Waals surface area contributed by atoms with E-state index < -0.39 is 6.04 Å². The van der Waals surface area contributed by atoms with Gasteiger partial charge in [0.1, 0.15) is 11.8 Å². The summed E-state index contributed by atoms with van der Waals surface area (Å²) in [6.07, 6.45) is 0. The van der Waals surface area contributed by atoms with E-state index in [1.165, 1.54) is 11.9 Å². The number of halogens is 2. The average Bonchev–Trinajstić information content (AvgIpc) is 2.64. The molecule has 0 unspecified atom stereocenters. The Hall–Kier alpha value is -2.24. The van der Waals surface area contributed by atoms with Gasteiger partial charge in [0.05, 0.1) is 0 Å². The maximum Gasteiger partial charge on any atom is 0.261 e. The van der Waals surface area contributed by atoms with Gasteiger partial charge in [0, 0.05) is 29.2 Å². The van der Waals surface area contributed by atoms with E-state index in [2.05, 4.69) is 5.32 Å². The van der Waals surface area contributed by atoms with Gasteiger partial charge in [-0.15, -0.1) is 0 Å². The minimum Gasteiger partial charge on any atom is -0.484 e. The summed E-state index contributed by atoms with van der Waals surface area (Å²) in [5, 5.41) is 3.43. The van der Waals surface area contributed by atoms with Crippen LogP contribution in [-0.4, -0.2) is 36.4 Å². The van der Waals surface area contributed by atoms with Crippen LogP contribution in [-0.2, 0) is 16.1 Å². The predicted molar refractivity (Wildman–Crippen MR) is 112 cm³/mol. The van der Waals surface area contributed by atoms with Gasteiger partial charge in [0.15, 0.2) is 6.61 Å². The van der Waals surface area contributed by atoms with E-state index in [0.717, 1.165) is 11.1 Å². The maximum atomic E-state index is 12.9. The molecule has 0 heterocycles. The average molecular weight is 423 g/mol. The second-order valence-electron chi connectivity index (χ2n) is 6.62. The van der Waals surface area contributed by atoms with E-state index in [1.54, 1.807) is 25.1 Å². The van der Waals surface area contributed by atoms with Gasteiger partial charge in [0.2, 0.25) is 5.91 Å². The zero-order chi connectivity index (χ0) is 20.8. The predicted octanol–water partition coefficient (Wildman–Crippen LogP) is 4.15. The SMILES string of the molecule is CNC(=O)[C@H](C)N(Cc1c(Cl)cccc1Cl)C(=O)COc1cc(C)cc(C)c1. The molecule has 0 bridgehead atoms. The van der Waals surface area contributed by atoms with Crippen molar-refractivity contribution in [1.82, 2.24) is 10.2 Å². The Morgan fingerprint density at radius 1 is 1.11 bits per heavy atom. The lowest BCUT2D eigenvalue weighted by Crippen LogP contribution is -2.48. The summed E-state index contributed by atoms with van der Waals surface area (Å²) >= 11 is 12.5.